The summed E-state index contributed by atoms with van der Waals surface area (Å²) in [6.07, 6.45) is 11.2. The van der Waals surface area contributed by atoms with Gasteiger partial charge in [0.2, 0.25) is 11.8 Å². The fourth-order valence-corrected chi connectivity index (χ4v) is 10.2. The molecule has 0 spiro atoms. The number of nitrogens with two attached hydrogens (primary N) is 2. The van der Waals surface area contributed by atoms with Gasteiger partial charge in [0.05, 0.1) is 23.6 Å². The Morgan fingerprint density at radius 2 is 1.48 bits per heavy atom. The number of primary amides is 1. The number of urea groups is 1. The van der Waals surface area contributed by atoms with Crippen molar-refractivity contribution in [2.24, 2.45) is 34.2 Å². The number of nitrogens with zero attached hydrogens (tertiary/aromatic N) is 4. The molecule has 0 bridgehead atoms. The van der Waals surface area contributed by atoms with Gasteiger partial charge in [0.25, 0.3) is 17.7 Å². The highest BCUT2D eigenvalue weighted by Crippen LogP contribution is 2.30. The van der Waals surface area contributed by atoms with Gasteiger partial charge in [-0.15, -0.1) is 0 Å². The molecule has 2 aliphatic rings. The van der Waals surface area contributed by atoms with Crippen LogP contribution in [0.2, 0.25) is 0 Å². The van der Waals surface area contributed by atoms with Gasteiger partial charge in [-0.3, -0.25) is 48.2 Å². The highest BCUT2D eigenvalue weighted by molar-refractivity contribution is 6.13. The molecule has 0 saturated heterocycles. The highest BCUT2D eigenvalue weighted by Gasteiger charge is 2.31. The van der Waals surface area contributed by atoms with Gasteiger partial charge < -0.3 is 42.4 Å². The normalized spacial score (nSPS) is 13.8. The van der Waals surface area contributed by atoms with Crippen molar-refractivity contribution < 1.29 is 52.7 Å². The molecule has 8 N–H and O–H groups in total. The molecule has 4 aromatic rings. The van der Waals surface area contributed by atoms with E-state index in [2.05, 4.69) is 31.2 Å². The number of imide groups is 1. The largest absolute Gasteiger partial charge is 0.445 e. The fourth-order valence-electron chi connectivity index (χ4n) is 10.2. The summed E-state index contributed by atoms with van der Waals surface area (Å²) in [6, 6.07) is 20.9. The Morgan fingerprint density at radius 3 is 2.16 bits per heavy atom. The first-order valence-corrected chi connectivity index (χ1v) is 29.5. The third-order valence-corrected chi connectivity index (χ3v) is 14.8. The molecule has 456 valence electrons. The van der Waals surface area contributed by atoms with Gasteiger partial charge in [0.1, 0.15) is 24.0 Å². The van der Waals surface area contributed by atoms with Crippen LogP contribution in [0.25, 0.3) is 6.08 Å². The van der Waals surface area contributed by atoms with E-state index in [1.807, 2.05) is 62.9 Å². The number of rotatable bonds is 34. The maximum absolute atomic E-state index is 13.9. The van der Waals surface area contributed by atoms with Crippen molar-refractivity contribution in [3.63, 3.8) is 0 Å². The second-order valence-corrected chi connectivity index (χ2v) is 22.0. The van der Waals surface area contributed by atoms with Gasteiger partial charge in [-0.2, -0.15) is 0 Å². The number of alkyl carbamates (subject to hydrolysis) is 1. The third-order valence-electron chi connectivity index (χ3n) is 14.8. The number of carbonyl (C=O) groups is 10. The predicted molar refractivity (Wildman–Crippen MR) is 328 cm³/mol. The van der Waals surface area contributed by atoms with Gasteiger partial charge in [0, 0.05) is 111 Å². The van der Waals surface area contributed by atoms with Crippen LogP contribution in [0.1, 0.15) is 137 Å². The molecule has 0 aliphatic carbocycles. The number of benzene rings is 3. The van der Waals surface area contributed by atoms with E-state index >= 15 is 0 Å². The number of pyridine rings is 1. The van der Waals surface area contributed by atoms with Gasteiger partial charge in [-0.25, -0.2) is 14.6 Å². The molecule has 1 aromatic heterocycles. The highest BCUT2D eigenvalue weighted by atomic mass is 16.5. The Hall–Kier alpha value is -9.14. The van der Waals surface area contributed by atoms with E-state index in [4.69, 9.17) is 16.2 Å². The summed E-state index contributed by atoms with van der Waals surface area (Å²) in [5.74, 6) is -3.60. The maximum atomic E-state index is 13.9. The molecule has 6 rings (SSSR count). The second-order valence-electron chi connectivity index (χ2n) is 22.0. The maximum Gasteiger partial charge on any atom is 0.408 e. The number of unbranched alkanes of at least 4 members (excludes halogenated alkanes) is 2. The van der Waals surface area contributed by atoms with Crippen LogP contribution in [0.4, 0.5) is 26.7 Å². The Balaban J connectivity index is 1.01. The lowest BCUT2D eigenvalue weighted by Crippen LogP contribution is -2.42. The lowest BCUT2D eigenvalue weighted by molar-refractivity contribution is -0.137. The van der Waals surface area contributed by atoms with Crippen LogP contribution < -0.4 is 32.7 Å². The van der Waals surface area contributed by atoms with E-state index in [-0.39, 0.29) is 118 Å². The van der Waals surface area contributed by atoms with Crippen LogP contribution >= 0.6 is 0 Å². The zero-order valence-electron chi connectivity index (χ0n) is 49.6. The lowest BCUT2D eigenvalue weighted by atomic mass is 9.81. The Labute approximate surface area is 502 Å². The zero-order chi connectivity index (χ0) is 62.1. The van der Waals surface area contributed by atoms with Crippen molar-refractivity contribution in [1.29, 1.82) is 0 Å². The molecule has 0 fully saturated rings. The Kier molecular flexibility index (Phi) is 25.6. The minimum absolute atomic E-state index is 0.0148. The first-order valence-electron chi connectivity index (χ1n) is 29.5. The van der Waals surface area contributed by atoms with Crippen molar-refractivity contribution >= 4 is 88.0 Å². The van der Waals surface area contributed by atoms with E-state index in [1.165, 1.54) is 18.3 Å². The molecule has 0 unspecified atom stereocenters. The average Bonchev–Trinajstić information content (AvgIpc) is 3.16. The topological polar surface area (TPSA) is 312 Å². The van der Waals surface area contributed by atoms with Crippen LogP contribution in [0.3, 0.4) is 0 Å². The lowest BCUT2D eigenvalue weighted by Gasteiger charge is -2.23. The number of nitrogens with one attached hydrogen (secondary N) is 4. The number of anilines is 2. The average molecular weight is 1180 g/mol. The molecular weight excluding hydrogens is 1100 g/mol. The molecule has 8 amide bonds. The summed E-state index contributed by atoms with van der Waals surface area (Å²) in [4.78, 5) is 142. The standard InChI is InChI=1S/C65H80N10O11/c1-5-29-74(30-6-2)63(83)49-34-46-21-22-48(35-54(46)72-58(66)37-49)62(82)71-51-32-45(39-68-40-51)20-25-56(77)55(33-43-14-9-7-10-15-43)73-65(85)86-41-44-18-23-50(24-19-44)70-61(81)47(16-13-28-69-64(67)84)36-57(78)53(42(3)4)38-52(76)17-11-8-12-31-75-59(79)26-27-60(75)80/h7,9-10,14-15,18-19,21-24,26-27,32,34-35,39-40,42,47,53,55H,5-6,8,11-13,16-17,20,25,28-31,33,36-38,41H2,1-4H3,(H2,66,72)(H,70,81)(H,71,82)(H,73,85)(H3,67,69,84)/t47-,53+,55+/m1/s1. The number of ether oxygens (including phenoxy) is 1. The zero-order valence-corrected chi connectivity index (χ0v) is 49.6. The van der Waals surface area contributed by atoms with Gasteiger partial charge >= 0.3 is 12.1 Å². The van der Waals surface area contributed by atoms with Crippen molar-refractivity contribution in [2.75, 3.05) is 36.8 Å². The SMILES string of the molecule is CCCN(CCC)C(=O)C1=Cc2ccc(C(=O)Nc3cncc(CCC(=O)[C@H](Cc4ccccc4)NC(=O)OCc4ccc(NC(=O)[C@H](CCCNC(N)=O)CC(=O)[C@@H](CC(=O)CCCCCN5C(=O)C=CC5=O)C(C)C)cc4)c3)cc2N=C(N)C1. The molecular formula is C65H80N10O11. The molecule has 3 atom stereocenters. The summed E-state index contributed by atoms with van der Waals surface area (Å²) in [7, 11) is 0. The van der Waals surface area contributed by atoms with Crippen LogP contribution in [0, 0.1) is 17.8 Å². The van der Waals surface area contributed by atoms with Crippen molar-refractivity contribution in [3.8, 4) is 0 Å². The number of aliphatic imine (C=N–C) groups is 1. The summed E-state index contributed by atoms with van der Waals surface area (Å²) < 4.78 is 5.58. The number of aryl methyl sites for hydroxylation is 1. The van der Waals surface area contributed by atoms with Crippen molar-refractivity contribution in [3.05, 3.63) is 137 Å². The number of ketones is 3. The summed E-state index contributed by atoms with van der Waals surface area (Å²) in [5.41, 5.74) is 16.4. The number of hydrogen-bond donors (Lipinski definition) is 6. The number of amides is 8. The van der Waals surface area contributed by atoms with Crippen LogP contribution in [0.5, 0.6) is 0 Å². The minimum Gasteiger partial charge on any atom is -0.445 e. The van der Waals surface area contributed by atoms with E-state index in [0.717, 1.165) is 23.3 Å². The summed E-state index contributed by atoms with van der Waals surface area (Å²) in [5, 5.41) is 11.0. The van der Waals surface area contributed by atoms with Crippen LogP contribution in [-0.4, -0.2) is 112 Å². The molecule has 3 aromatic carbocycles. The first kappa shape index (κ1) is 66.0. The Morgan fingerprint density at radius 1 is 0.756 bits per heavy atom. The van der Waals surface area contributed by atoms with Crippen molar-refractivity contribution in [2.45, 2.75) is 130 Å². The number of carbonyl (C=O) groups excluding carboxylic acids is 10. The number of aromatic nitrogens is 1. The molecule has 0 saturated carbocycles. The molecule has 2 aliphatic heterocycles. The molecule has 21 heteroatoms. The van der Waals surface area contributed by atoms with Crippen molar-refractivity contribution in [1.82, 2.24) is 25.4 Å². The number of hydrogen-bond acceptors (Lipinski definition) is 14. The monoisotopic (exact) mass is 1180 g/mol. The third kappa shape index (κ3) is 20.9. The quantitative estimate of drug-likeness (QED) is 0.0189. The van der Waals surface area contributed by atoms with Gasteiger partial charge in [-0.1, -0.05) is 82.6 Å². The molecule has 21 nitrogen and oxygen atoms in total. The number of fused-ring (bicyclic) bond motifs is 1. The van der Waals surface area contributed by atoms with E-state index in [0.29, 0.717) is 83.7 Å². The summed E-state index contributed by atoms with van der Waals surface area (Å²) >= 11 is 0. The first-order chi connectivity index (χ1) is 41.3. The van der Waals surface area contributed by atoms with E-state index < -0.39 is 41.8 Å². The number of Topliss-reactive ketones (excluding diaryl/α,β-unsaturated/α-hetero) is 3. The Bertz CT molecular complexity index is 3150. The molecule has 3 heterocycles. The summed E-state index contributed by atoms with van der Waals surface area (Å²) in [6.45, 7) is 9.31. The van der Waals surface area contributed by atoms with Gasteiger partial charge in [-0.05, 0) is 110 Å². The fraction of sp³-hybridized carbons (Fsp3) is 0.415. The van der Waals surface area contributed by atoms with E-state index in [9.17, 15) is 47.9 Å². The molecule has 86 heavy (non-hydrogen) atoms. The van der Waals surface area contributed by atoms with Crippen LogP contribution in [0.15, 0.2) is 114 Å². The second kappa shape index (κ2) is 33.4. The smallest absolute Gasteiger partial charge is 0.408 e. The molecule has 0 radical (unpaired) electrons. The minimum atomic E-state index is -0.955. The van der Waals surface area contributed by atoms with Gasteiger partial charge in [0.15, 0.2) is 5.78 Å². The predicted octanol–water partition coefficient (Wildman–Crippen LogP) is 8.48. The van der Waals surface area contributed by atoms with E-state index in [1.54, 1.807) is 60.8 Å². The number of amidine groups is 1. The van der Waals surface area contributed by atoms with Crippen LogP contribution in [-0.2, 0) is 57.7 Å².